The molecular weight excluding hydrogens is 206 g/mol. The molecule has 0 aliphatic heterocycles. The van der Waals surface area contributed by atoms with Gasteiger partial charge in [0.15, 0.2) is 0 Å². The van der Waals surface area contributed by atoms with Gasteiger partial charge in [-0.05, 0) is 0 Å². The average molecular weight is 224 g/mol. The van der Waals surface area contributed by atoms with Gasteiger partial charge >= 0.3 is 0 Å². The smallest absolute Gasteiger partial charge is 0.0785 e. The fourth-order valence-electron chi connectivity index (χ4n) is 0.770. The Morgan fingerprint density at radius 3 is 0.438 bits per heavy atom. The van der Waals surface area contributed by atoms with Crippen molar-refractivity contribution >= 4 is 0 Å². The monoisotopic (exact) mass is 224 g/mol. The van der Waals surface area contributed by atoms with Crippen molar-refractivity contribution in [1.82, 2.24) is 0 Å². The van der Waals surface area contributed by atoms with E-state index in [2.05, 4.69) is 0 Å². The number of hydrogen-bond acceptors (Lipinski definition) is 0. The summed E-state index contributed by atoms with van der Waals surface area (Å²) < 4.78 is 19.0. The molecule has 0 spiro atoms. The molecule has 0 radical (unpaired) electrons. The molecule has 0 bridgehead atoms. The van der Waals surface area contributed by atoms with Gasteiger partial charge in [0.25, 0.3) is 0 Å². The van der Waals surface area contributed by atoms with Gasteiger partial charge in [-0.25, -0.2) is 0 Å². The van der Waals surface area contributed by atoms with E-state index in [4.69, 9.17) is 0 Å². The largest absolute Gasteiger partial charge is 0.255 e. The summed E-state index contributed by atoms with van der Waals surface area (Å²) in [6.07, 6.45) is 0. The maximum atomic E-state index is 9.50. The summed E-state index contributed by atoms with van der Waals surface area (Å²) in [5.74, 6) is 0. The van der Waals surface area contributed by atoms with Crippen molar-refractivity contribution in [3.8, 4) is 0 Å². The van der Waals surface area contributed by atoms with Crippen LogP contribution in [0.1, 0.15) is 0 Å². The van der Waals surface area contributed by atoms with Crippen LogP contribution >= 0.6 is 0 Å². The van der Waals surface area contributed by atoms with E-state index < -0.39 is 0 Å². The Hall–Kier alpha value is -1.70. The third-order valence-electron chi connectivity index (χ3n) is 1.33. The molecule has 0 saturated carbocycles. The first-order chi connectivity index (χ1) is 8.00. The molecule has 0 heterocycles. The van der Waals surface area contributed by atoms with Crippen LogP contribution in [0, 0.1) is 0 Å². The molecule has 0 aliphatic carbocycles. The van der Waals surface area contributed by atoms with Gasteiger partial charge in [0, 0.05) is 0 Å². The second kappa shape index (κ2) is 19.0. The minimum Gasteiger partial charge on any atom is -0.255 e. The molecule has 16 heavy (non-hydrogen) atoms. The van der Waals surface area contributed by atoms with Gasteiger partial charge in [-0.3, -0.25) is 8.78 Å². The predicted octanol–water partition coefficient (Wildman–Crippen LogP) is 4.54. The standard InChI is InChI=1S/2C6H6.2CH3F/c2*1-2-4-6-5-3-1;2*1-2/h2*1-6H;2*1H3. The van der Waals surface area contributed by atoms with E-state index in [1.165, 1.54) is 0 Å². The quantitative estimate of drug-likeness (QED) is 0.616. The van der Waals surface area contributed by atoms with Gasteiger partial charge < -0.3 is 0 Å². The van der Waals surface area contributed by atoms with E-state index in [0.29, 0.717) is 14.4 Å². The first-order valence-electron chi connectivity index (χ1n) is 4.76. The Morgan fingerprint density at radius 1 is 0.312 bits per heavy atom. The Kier molecular flexibility index (Phi) is 19.8. The van der Waals surface area contributed by atoms with Crippen LogP contribution in [0.2, 0.25) is 0 Å². The highest BCUT2D eigenvalue weighted by Crippen LogP contribution is 1.80. The third kappa shape index (κ3) is 14.8. The zero-order valence-corrected chi connectivity index (χ0v) is 9.68. The van der Waals surface area contributed by atoms with E-state index in [1.54, 1.807) is 0 Å². The zero-order valence-electron chi connectivity index (χ0n) is 9.68. The van der Waals surface area contributed by atoms with Gasteiger partial charge in [-0.2, -0.15) is 0 Å². The van der Waals surface area contributed by atoms with Crippen LogP contribution in [0.5, 0.6) is 0 Å². The first kappa shape index (κ1) is 16.7. The Labute approximate surface area is 96.6 Å². The van der Waals surface area contributed by atoms with Crippen LogP contribution in [0.25, 0.3) is 0 Å². The molecule has 0 atom stereocenters. The van der Waals surface area contributed by atoms with Crippen LogP contribution < -0.4 is 0 Å². The lowest BCUT2D eigenvalue weighted by Gasteiger charge is -1.69. The highest BCUT2D eigenvalue weighted by molar-refractivity contribution is 4.99. The first-order valence-corrected chi connectivity index (χ1v) is 4.76. The van der Waals surface area contributed by atoms with Gasteiger partial charge in [0.05, 0.1) is 14.4 Å². The molecule has 0 nitrogen and oxygen atoms in total. The molecular formula is C14H18F2. The van der Waals surface area contributed by atoms with Crippen molar-refractivity contribution in [1.29, 1.82) is 0 Å². The maximum absolute atomic E-state index is 9.50. The molecule has 0 fully saturated rings. The lowest BCUT2D eigenvalue weighted by molar-refractivity contribution is 0.635. The molecule has 0 unspecified atom stereocenters. The van der Waals surface area contributed by atoms with Crippen molar-refractivity contribution in [3.05, 3.63) is 72.8 Å². The average Bonchev–Trinajstić information content (AvgIpc) is 2.48. The molecule has 0 aromatic heterocycles. The van der Waals surface area contributed by atoms with Gasteiger partial charge in [0.1, 0.15) is 0 Å². The lowest BCUT2D eigenvalue weighted by Crippen LogP contribution is -1.47. The van der Waals surface area contributed by atoms with Crippen molar-refractivity contribution in [3.63, 3.8) is 0 Å². The fourth-order valence-corrected chi connectivity index (χ4v) is 0.770. The molecule has 2 aromatic carbocycles. The Bertz CT molecular complexity index is 184. The third-order valence-corrected chi connectivity index (χ3v) is 1.33. The van der Waals surface area contributed by atoms with E-state index in [9.17, 15) is 8.78 Å². The molecule has 0 N–H and O–H groups in total. The summed E-state index contributed by atoms with van der Waals surface area (Å²) in [7, 11) is 1.00. The van der Waals surface area contributed by atoms with E-state index in [0.717, 1.165) is 0 Å². The second-order valence-electron chi connectivity index (χ2n) is 2.31. The fraction of sp³-hybridized carbons (Fsp3) is 0.143. The van der Waals surface area contributed by atoms with Gasteiger partial charge in [-0.15, -0.1) is 0 Å². The van der Waals surface area contributed by atoms with Gasteiger partial charge in [0.2, 0.25) is 0 Å². The summed E-state index contributed by atoms with van der Waals surface area (Å²) in [4.78, 5) is 0. The van der Waals surface area contributed by atoms with E-state index in [1.807, 2.05) is 72.8 Å². The van der Waals surface area contributed by atoms with Crippen LogP contribution in [0.4, 0.5) is 8.78 Å². The molecule has 2 heteroatoms. The number of alkyl halides is 2. The Morgan fingerprint density at radius 2 is 0.375 bits per heavy atom. The molecule has 2 rings (SSSR count). The SMILES string of the molecule is CF.CF.c1ccccc1.c1ccccc1. The second-order valence-corrected chi connectivity index (χ2v) is 2.31. The summed E-state index contributed by atoms with van der Waals surface area (Å²) >= 11 is 0. The molecule has 2 aromatic rings. The summed E-state index contributed by atoms with van der Waals surface area (Å²) in [6.45, 7) is 0. The lowest BCUT2D eigenvalue weighted by atomic mass is 10.4. The predicted molar refractivity (Wildman–Crippen MR) is 66.9 cm³/mol. The minimum atomic E-state index is 0.500. The highest BCUT2D eigenvalue weighted by atomic mass is 19.1. The maximum Gasteiger partial charge on any atom is 0.0785 e. The van der Waals surface area contributed by atoms with Crippen LogP contribution in [-0.2, 0) is 0 Å². The zero-order chi connectivity index (χ0) is 12.5. The molecule has 0 amide bonds. The summed E-state index contributed by atoms with van der Waals surface area (Å²) in [5.41, 5.74) is 0. The number of hydrogen-bond donors (Lipinski definition) is 0. The van der Waals surface area contributed by atoms with Crippen LogP contribution in [-0.4, -0.2) is 14.4 Å². The number of rotatable bonds is 0. The van der Waals surface area contributed by atoms with Crippen LogP contribution in [0.15, 0.2) is 72.8 Å². The normalized spacial score (nSPS) is 6.75. The summed E-state index contributed by atoms with van der Waals surface area (Å²) in [6, 6.07) is 24.0. The molecule has 88 valence electrons. The number of benzene rings is 2. The van der Waals surface area contributed by atoms with Crippen molar-refractivity contribution in [2.24, 2.45) is 0 Å². The molecule has 0 saturated heterocycles. The number of halogens is 2. The summed E-state index contributed by atoms with van der Waals surface area (Å²) in [5, 5.41) is 0. The highest BCUT2D eigenvalue weighted by Gasteiger charge is 1.58. The Balaban J connectivity index is 0. The molecule has 0 aliphatic rings. The van der Waals surface area contributed by atoms with Crippen molar-refractivity contribution in [2.75, 3.05) is 14.4 Å². The van der Waals surface area contributed by atoms with E-state index >= 15 is 0 Å². The minimum absolute atomic E-state index is 0.500. The topological polar surface area (TPSA) is 0 Å². The van der Waals surface area contributed by atoms with Crippen LogP contribution in [0.3, 0.4) is 0 Å². The van der Waals surface area contributed by atoms with E-state index in [-0.39, 0.29) is 0 Å². The van der Waals surface area contributed by atoms with Gasteiger partial charge in [-0.1, -0.05) is 72.8 Å². The van der Waals surface area contributed by atoms with Crippen molar-refractivity contribution in [2.45, 2.75) is 0 Å². The van der Waals surface area contributed by atoms with Crippen molar-refractivity contribution < 1.29 is 8.78 Å².